The molecule has 1 aromatic heterocycles. The van der Waals surface area contributed by atoms with Gasteiger partial charge in [-0.15, -0.1) is 0 Å². The Morgan fingerprint density at radius 2 is 2.04 bits per heavy atom. The lowest BCUT2D eigenvalue weighted by Gasteiger charge is -2.33. The molecule has 0 fully saturated rings. The van der Waals surface area contributed by atoms with Gasteiger partial charge in [-0.1, -0.05) is 31.2 Å². The van der Waals surface area contributed by atoms with Crippen LogP contribution in [0.1, 0.15) is 46.9 Å². The second-order valence-corrected chi connectivity index (χ2v) is 5.74. The van der Waals surface area contributed by atoms with Crippen LogP contribution in [0.5, 0.6) is 0 Å². The van der Waals surface area contributed by atoms with E-state index in [1.54, 1.807) is 12.1 Å². The Hall–Kier alpha value is -2.51. The van der Waals surface area contributed by atoms with Crippen molar-refractivity contribution in [3.63, 3.8) is 0 Å². The number of aryl methyl sites for hydroxylation is 1. The highest BCUT2D eigenvalue weighted by molar-refractivity contribution is 5.93. The summed E-state index contributed by atoms with van der Waals surface area (Å²) in [5, 5.41) is 15.7. The van der Waals surface area contributed by atoms with Crippen LogP contribution in [0.25, 0.3) is 0 Å². The van der Waals surface area contributed by atoms with Crippen molar-refractivity contribution in [2.45, 2.75) is 38.0 Å². The van der Waals surface area contributed by atoms with E-state index in [0.717, 1.165) is 22.9 Å². The molecule has 0 bridgehead atoms. The fourth-order valence-electron chi connectivity index (χ4n) is 2.92. The van der Waals surface area contributed by atoms with Gasteiger partial charge >= 0.3 is 12.1 Å². The molecule has 2 N–H and O–H groups in total. The van der Waals surface area contributed by atoms with Gasteiger partial charge < -0.3 is 10.4 Å². The Bertz CT molecular complexity index is 753. The van der Waals surface area contributed by atoms with Crippen molar-refractivity contribution in [3.05, 3.63) is 47.2 Å². The number of hydrogen-bond donors (Lipinski definition) is 2. The summed E-state index contributed by atoms with van der Waals surface area (Å²) in [5.41, 5.74) is 1.50. The van der Waals surface area contributed by atoms with Crippen LogP contribution in [-0.4, -0.2) is 27.0 Å². The standard InChI is InChI=1S/C16H16F3N3O2/c1-2-9-3-5-10(6-4-9)12-7-13(16(17,18)19)22-14(21-12)11(8-20-22)15(23)24/h3-6,8,12-13,21H,2,7H2,1H3,(H,23,24)/t12-,13?/m1/s1. The SMILES string of the molecule is CCc1ccc([C@H]2CC(C(F)(F)F)n3ncc(C(=O)O)c3N2)cc1. The van der Waals surface area contributed by atoms with E-state index in [4.69, 9.17) is 5.11 Å². The summed E-state index contributed by atoms with van der Waals surface area (Å²) >= 11 is 0. The third-order valence-electron chi connectivity index (χ3n) is 4.26. The number of carboxylic acids is 1. The number of fused-ring (bicyclic) bond motifs is 1. The van der Waals surface area contributed by atoms with E-state index >= 15 is 0 Å². The van der Waals surface area contributed by atoms with Gasteiger partial charge in [-0.2, -0.15) is 18.3 Å². The number of carboxylic acid groups (broad SMARTS) is 1. The molecule has 128 valence electrons. The lowest BCUT2D eigenvalue weighted by molar-refractivity contribution is -0.173. The van der Waals surface area contributed by atoms with E-state index in [0.29, 0.717) is 5.56 Å². The van der Waals surface area contributed by atoms with Crippen molar-refractivity contribution in [1.29, 1.82) is 0 Å². The van der Waals surface area contributed by atoms with E-state index < -0.39 is 24.2 Å². The van der Waals surface area contributed by atoms with Gasteiger partial charge in [-0.25, -0.2) is 9.48 Å². The van der Waals surface area contributed by atoms with Crippen molar-refractivity contribution in [1.82, 2.24) is 9.78 Å². The molecule has 3 rings (SSSR count). The molecule has 1 aromatic carbocycles. The van der Waals surface area contributed by atoms with Crippen LogP contribution in [0.4, 0.5) is 19.0 Å². The normalized spacial score (nSPS) is 20.3. The molecule has 2 atom stereocenters. The summed E-state index contributed by atoms with van der Waals surface area (Å²) in [6.07, 6.45) is -2.98. The Morgan fingerprint density at radius 1 is 1.38 bits per heavy atom. The number of nitrogens with zero attached hydrogens (tertiary/aromatic N) is 2. The largest absolute Gasteiger partial charge is 0.477 e. The van der Waals surface area contributed by atoms with E-state index in [2.05, 4.69) is 10.4 Å². The number of halogens is 3. The summed E-state index contributed by atoms with van der Waals surface area (Å²) in [4.78, 5) is 11.2. The van der Waals surface area contributed by atoms with Gasteiger partial charge in [0.05, 0.1) is 12.2 Å². The number of benzene rings is 1. The predicted molar refractivity (Wildman–Crippen MR) is 81.1 cm³/mol. The Kier molecular flexibility index (Phi) is 3.98. The van der Waals surface area contributed by atoms with Crippen LogP contribution in [0, 0.1) is 0 Å². The van der Waals surface area contributed by atoms with Crippen molar-refractivity contribution in [2.24, 2.45) is 0 Å². The molecule has 0 saturated carbocycles. The molecule has 0 spiro atoms. The van der Waals surface area contributed by atoms with Crippen molar-refractivity contribution in [3.8, 4) is 0 Å². The average molecular weight is 339 g/mol. The van der Waals surface area contributed by atoms with E-state index in [-0.39, 0.29) is 17.8 Å². The number of aromatic nitrogens is 2. The van der Waals surface area contributed by atoms with Crippen LogP contribution in [0.2, 0.25) is 0 Å². The van der Waals surface area contributed by atoms with E-state index in [1.165, 1.54) is 0 Å². The second-order valence-electron chi connectivity index (χ2n) is 5.74. The molecule has 0 aliphatic carbocycles. The average Bonchev–Trinajstić information content (AvgIpc) is 2.97. The zero-order valence-corrected chi connectivity index (χ0v) is 12.8. The zero-order valence-electron chi connectivity index (χ0n) is 12.8. The topological polar surface area (TPSA) is 67.2 Å². The van der Waals surface area contributed by atoms with Gasteiger partial charge in [0.15, 0.2) is 6.04 Å². The summed E-state index contributed by atoms with van der Waals surface area (Å²) < 4.78 is 40.9. The highest BCUT2D eigenvalue weighted by Crippen LogP contribution is 2.44. The minimum Gasteiger partial charge on any atom is -0.477 e. The number of aromatic carboxylic acids is 1. The molecule has 1 aliphatic rings. The molecular formula is C16H16F3N3O2. The van der Waals surface area contributed by atoms with Crippen LogP contribution in [0.15, 0.2) is 30.5 Å². The van der Waals surface area contributed by atoms with Gasteiger partial charge in [0, 0.05) is 6.42 Å². The van der Waals surface area contributed by atoms with E-state index in [9.17, 15) is 18.0 Å². The molecule has 5 nitrogen and oxygen atoms in total. The Balaban J connectivity index is 2.02. The maximum Gasteiger partial charge on any atom is 0.410 e. The molecule has 1 aliphatic heterocycles. The molecular weight excluding hydrogens is 323 g/mol. The minimum atomic E-state index is -4.51. The van der Waals surface area contributed by atoms with Crippen LogP contribution in [-0.2, 0) is 6.42 Å². The molecule has 1 unspecified atom stereocenters. The number of rotatable bonds is 3. The van der Waals surface area contributed by atoms with Gasteiger partial charge in [-0.3, -0.25) is 0 Å². The summed E-state index contributed by atoms with van der Waals surface area (Å²) in [6, 6.07) is 4.78. The first-order valence-electron chi connectivity index (χ1n) is 7.54. The molecule has 2 aromatic rings. The molecule has 24 heavy (non-hydrogen) atoms. The third kappa shape index (κ3) is 2.83. The van der Waals surface area contributed by atoms with Crippen LogP contribution < -0.4 is 5.32 Å². The maximum atomic E-state index is 13.4. The van der Waals surface area contributed by atoms with Gasteiger partial charge in [0.2, 0.25) is 0 Å². The first-order chi connectivity index (χ1) is 11.3. The smallest absolute Gasteiger partial charge is 0.410 e. The predicted octanol–water partition coefficient (Wildman–Crippen LogP) is 3.80. The number of nitrogens with one attached hydrogen (secondary N) is 1. The number of anilines is 1. The highest BCUT2D eigenvalue weighted by Gasteiger charge is 2.47. The zero-order chi connectivity index (χ0) is 17.5. The summed E-state index contributed by atoms with van der Waals surface area (Å²) in [5.74, 6) is -1.42. The first kappa shape index (κ1) is 16.4. The van der Waals surface area contributed by atoms with Crippen molar-refractivity contribution < 1.29 is 23.1 Å². The minimum absolute atomic E-state index is 0.111. The molecule has 0 radical (unpaired) electrons. The third-order valence-corrected chi connectivity index (χ3v) is 4.26. The monoisotopic (exact) mass is 339 g/mol. The molecule has 8 heteroatoms. The Morgan fingerprint density at radius 3 is 2.58 bits per heavy atom. The number of alkyl halides is 3. The fraction of sp³-hybridized carbons (Fsp3) is 0.375. The van der Waals surface area contributed by atoms with E-state index in [1.807, 2.05) is 19.1 Å². The Labute approximate surface area is 136 Å². The first-order valence-corrected chi connectivity index (χ1v) is 7.54. The van der Waals surface area contributed by atoms with Gasteiger partial charge in [0.1, 0.15) is 11.4 Å². The van der Waals surface area contributed by atoms with Gasteiger partial charge in [-0.05, 0) is 17.5 Å². The maximum absolute atomic E-state index is 13.4. The lowest BCUT2D eigenvalue weighted by Crippen LogP contribution is -2.36. The highest BCUT2D eigenvalue weighted by atomic mass is 19.4. The van der Waals surface area contributed by atoms with Crippen molar-refractivity contribution in [2.75, 3.05) is 5.32 Å². The summed E-state index contributed by atoms with van der Waals surface area (Å²) in [6.45, 7) is 1.99. The summed E-state index contributed by atoms with van der Waals surface area (Å²) in [7, 11) is 0. The quantitative estimate of drug-likeness (QED) is 0.892. The molecule has 0 amide bonds. The van der Waals surface area contributed by atoms with Crippen molar-refractivity contribution >= 4 is 11.8 Å². The second kappa shape index (κ2) is 5.85. The lowest BCUT2D eigenvalue weighted by atomic mass is 9.95. The number of carbonyl (C=O) groups is 1. The molecule has 0 saturated heterocycles. The van der Waals surface area contributed by atoms with Crippen LogP contribution in [0.3, 0.4) is 0 Å². The van der Waals surface area contributed by atoms with Gasteiger partial charge in [0.25, 0.3) is 0 Å². The fourth-order valence-corrected chi connectivity index (χ4v) is 2.92. The number of hydrogen-bond acceptors (Lipinski definition) is 3. The van der Waals surface area contributed by atoms with Crippen LogP contribution >= 0.6 is 0 Å². The molecule has 2 heterocycles.